The molecule has 112 valence electrons. The van der Waals surface area contributed by atoms with E-state index in [-0.39, 0.29) is 0 Å². The maximum atomic E-state index is 10.7. The van der Waals surface area contributed by atoms with Gasteiger partial charge in [0, 0.05) is 6.61 Å². The lowest BCUT2D eigenvalue weighted by Gasteiger charge is -2.31. The zero-order chi connectivity index (χ0) is 15.3. The van der Waals surface area contributed by atoms with Gasteiger partial charge >= 0.3 is 0 Å². The average Bonchev–Trinajstić information content (AvgIpc) is 2.99. The second-order valence-electron chi connectivity index (χ2n) is 5.26. The molecule has 2 rings (SSSR count). The van der Waals surface area contributed by atoms with E-state index in [4.69, 9.17) is 4.74 Å². The van der Waals surface area contributed by atoms with Crippen LogP contribution in [0.2, 0.25) is 0 Å². The number of aliphatic hydroxyl groups is 1. The first-order valence-electron chi connectivity index (χ1n) is 6.98. The molecule has 21 heavy (non-hydrogen) atoms. The van der Waals surface area contributed by atoms with Gasteiger partial charge in [-0.3, -0.25) is 0 Å². The summed E-state index contributed by atoms with van der Waals surface area (Å²) < 4.78 is 7.22. The van der Waals surface area contributed by atoms with Crippen molar-refractivity contribution in [3.63, 3.8) is 0 Å². The molecule has 0 aliphatic rings. The minimum atomic E-state index is -0.834. The summed E-state index contributed by atoms with van der Waals surface area (Å²) in [4.78, 5) is 3.95. The highest BCUT2D eigenvalue weighted by Crippen LogP contribution is 2.25. The standard InChI is InChI=1S/C16H21N3O2/c1-4-21-16(2,3)15(20)14(19-12-17-11-18-19)10-13-8-6-5-7-9-13/h5-12,15,20H,4H2,1-3H3/b14-10-. The Balaban J connectivity index is 2.40. The van der Waals surface area contributed by atoms with E-state index in [0.29, 0.717) is 12.3 Å². The van der Waals surface area contributed by atoms with E-state index in [0.717, 1.165) is 5.56 Å². The van der Waals surface area contributed by atoms with Gasteiger partial charge in [-0.1, -0.05) is 30.3 Å². The van der Waals surface area contributed by atoms with Crippen molar-refractivity contribution in [2.24, 2.45) is 0 Å². The minimum absolute atomic E-state index is 0.528. The maximum absolute atomic E-state index is 10.7. The first-order chi connectivity index (χ1) is 10.0. The molecular weight excluding hydrogens is 266 g/mol. The van der Waals surface area contributed by atoms with E-state index in [1.54, 1.807) is 11.0 Å². The lowest BCUT2D eigenvalue weighted by atomic mass is 9.97. The number of rotatable bonds is 6. The van der Waals surface area contributed by atoms with Gasteiger partial charge < -0.3 is 9.84 Å². The van der Waals surface area contributed by atoms with Crippen molar-refractivity contribution < 1.29 is 9.84 Å². The highest BCUT2D eigenvalue weighted by atomic mass is 16.5. The molecule has 5 nitrogen and oxygen atoms in total. The molecule has 0 spiro atoms. The van der Waals surface area contributed by atoms with E-state index >= 15 is 0 Å². The van der Waals surface area contributed by atoms with E-state index in [9.17, 15) is 5.11 Å². The zero-order valence-corrected chi connectivity index (χ0v) is 12.6. The summed E-state index contributed by atoms with van der Waals surface area (Å²) in [5.41, 5.74) is 0.882. The predicted molar refractivity (Wildman–Crippen MR) is 82.3 cm³/mol. The molecule has 0 aliphatic carbocycles. The molecule has 5 heteroatoms. The van der Waals surface area contributed by atoms with Crippen molar-refractivity contribution in [2.75, 3.05) is 6.61 Å². The molecule has 1 atom stereocenters. The van der Waals surface area contributed by atoms with Gasteiger partial charge in [0.15, 0.2) is 0 Å². The monoisotopic (exact) mass is 287 g/mol. The third-order valence-electron chi connectivity index (χ3n) is 3.25. The van der Waals surface area contributed by atoms with Crippen molar-refractivity contribution >= 4 is 11.8 Å². The Morgan fingerprint density at radius 3 is 2.67 bits per heavy atom. The van der Waals surface area contributed by atoms with E-state index in [2.05, 4.69) is 10.1 Å². The first kappa shape index (κ1) is 15.4. The Morgan fingerprint density at radius 2 is 2.10 bits per heavy atom. The van der Waals surface area contributed by atoms with Crippen molar-refractivity contribution in [2.45, 2.75) is 32.5 Å². The van der Waals surface area contributed by atoms with Crippen LogP contribution in [-0.2, 0) is 4.74 Å². The number of aromatic nitrogens is 3. The predicted octanol–water partition coefficient (Wildman–Crippen LogP) is 2.45. The highest BCUT2D eigenvalue weighted by molar-refractivity contribution is 5.73. The lowest BCUT2D eigenvalue weighted by Crippen LogP contribution is -2.41. The van der Waals surface area contributed by atoms with Gasteiger partial charge in [0.1, 0.15) is 18.8 Å². The van der Waals surface area contributed by atoms with Gasteiger partial charge in [-0.2, -0.15) is 5.10 Å². The Hall–Kier alpha value is -1.98. The summed E-state index contributed by atoms with van der Waals surface area (Å²) in [5, 5.41) is 14.8. The second-order valence-corrected chi connectivity index (χ2v) is 5.26. The number of hydrogen-bond acceptors (Lipinski definition) is 4. The van der Waals surface area contributed by atoms with Crippen molar-refractivity contribution in [1.29, 1.82) is 0 Å². The first-order valence-corrected chi connectivity index (χ1v) is 6.98. The van der Waals surface area contributed by atoms with Crippen LogP contribution in [0.5, 0.6) is 0 Å². The normalized spacial score (nSPS) is 14.2. The second kappa shape index (κ2) is 6.65. The van der Waals surface area contributed by atoms with E-state index in [1.807, 2.05) is 57.2 Å². The van der Waals surface area contributed by atoms with E-state index in [1.165, 1.54) is 6.33 Å². The third-order valence-corrected chi connectivity index (χ3v) is 3.25. The SMILES string of the molecule is CCOC(C)(C)C(O)/C(=C/c1ccccc1)n1cncn1. The molecule has 0 amide bonds. The van der Waals surface area contributed by atoms with Crippen molar-refractivity contribution in [3.05, 3.63) is 48.5 Å². The van der Waals surface area contributed by atoms with Crippen LogP contribution in [0.4, 0.5) is 0 Å². The molecule has 0 saturated carbocycles. The quantitative estimate of drug-likeness (QED) is 0.886. The topological polar surface area (TPSA) is 60.2 Å². The van der Waals surface area contributed by atoms with Crippen LogP contribution in [0.3, 0.4) is 0 Å². The molecule has 0 bridgehead atoms. The molecule has 2 aromatic rings. The van der Waals surface area contributed by atoms with Crippen LogP contribution in [0.25, 0.3) is 11.8 Å². The fourth-order valence-electron chi connectivity index (χ4n) is 2.14. The molecule has 0 saturated heterocycles. The number of nitrogens with zero attached hydrogens (tertiary/aromatic N) is 3. The summed E-state index contributed by atoms with van der Waals surface area (Å²) in [6, 6.07) is 9.79. The number of ether oxygens (including phenoxy) is 1. The molecule has 0 aliphatic heterocycles. The van der Waals surface area contributed by atoms with Crippen LogP contribution < -0.4 is 0 Å². The molecule has 1 unspecified atom stereocenters. The smallest absolute Gasteiger partial charge is 0.138 e. The molecule has 1 aromatic heterocycles. The molecule has 0 fully saturated rings. The van der Waals surface area contributed by atoms with Crippen LogP contribution in [0, 0.1) is 0 Å². The number of benzene rings is 1. The van der Waals surface area contributed by atoms with Gasteiger partial charge in [0.2, 0.25) is 0 Å². The lowest BCUT2D eigenvalue weighted by molar-refractivity contribution is -0.0753. The van der Waals surface area contributed by atoms with Crippen LogP contribution in [0.15, 0.2) is 43.0 Å². The Bertz CT molecular complexity index is 577. The Morgan fingerprint density at radius 1 is 1.38 bits per heavy atom. The molecule has 0 radical (unpaired) electrons. The average molecular weight is 287 g/mol. The zero-order valence-electron chi connectivity index (χ0n) is 12.6. The number of aliphatic hydroxyl groups excluding tert-OH is 1. The summed E-state index contributed by atoms with van der Waals surface area (Å²) >= 11 is 0. The summed E-state index contributed by atoms with van der Waals surface area (Å²) in [5.74, 6) is 0. The molecule has 1 heterocycles. The third kappa shape index (κ3) is 3.77. The van der Waals surface area contributed by atoms with Crippen molar-refractivity contribution in [3.8, 4) is 0 Å². The van der Waals surface area contributed by atoms with Crippen molar-refractivity contribution in [1.82, 2.24) is 14.8 Å². The molecular formula is C16H21N3O2. The summed E-state index contributed by atoms with van der Waals surface area (Å²) in [6.07, 6.45) is 4.07. The summed E-state index contributed by atoms with van der Waals surface area (Å²) in [7, 11) is 0. The van der Waals surface area contributed by atoms with Gasteiger partial charge in [-0.25, -0.2) is 9.67 Å². The molecule has 1 N–H and O–H groups in total. The Labute approximate surface area is 124 Å². The van der Waals surface area contributed by atoms with Crippen LogP contribution in [-0.4, -0.2) is 38.2 Å². The maximum Gasteiger partial charge on any atom is 0.138 e. The van der Waals surface area contributed by atoms with Crippen LogP contribution >= 0.6 is 0 Å². The highest BCUT2D eigenvalue weighted by Gasteiger charge is 2.32. The fraction of sp³-hybridized carbons (Fsp3) is 0.375. The van der Waals surface area contributed by atoms with E-state index < -0.39 is 11.7 Å². The Kier molecular flexibility index (Phi) is 4.88. The van der Waals surface area contributed by atoms with Crippen LogP contribution in [0.1, 0.15) is 26.3 Å². The fourth-order valence-corrected chi connectivity index (χ4v) is 2.14. The molecule has 1 aromatic carbocycles. The largest absolute Gasteiger partial charge is 0.384 e. The summed E-state index contributed by atoms with van der Waals surface area (Å²) in [6.45, 7) is 6.15. The van der Waals surface area contributed by atoms with Gasteiger partial charge in [0.05, 0.1) is 11.3 Å². The number of hydrogen-bond donors (Lipinski definition) is 1. The van der Waals surface area contributed by atoms with Gasteiger partial charge in [-0.15, -0.1) is 0 Å². The van der Waals surface area contributed by atoms with Gasteiger partial charge in [-0.05, 0) is 32.4 Å². The van der Waals surface area contributed by atoms with Gasteiger partial charge in [0.25, 0.3) is 0 Å². The minimum Gasteiger partial charge on any atom is -0.384 e.